The van der Waals surface area contributed by atoms with Crippen molar-refractivity contribution in [3.63, 3.8) is 0 Å². The van der Waals surface area contributed by atoms with Crippen molar-refractivity contribution in [1.82, 2.24) is 39.9 Å². The van der Waals surface area contributed by atoms with E-state index in [1.807, 2.05) is 72.8 Å². The van der Waals surface area contributed by atoms with Crippen LogP contribution in [0.5, 0.6) is 0 Å². The Kier molecular flexibility index (Phi) is 5.94. The number of aromatic nitrogens is 8. The van der Waals surface area contributed by atoms with Crippen LogP contribution in [0.1, 0.15) is 0 Å². The molecule has 0 aliphatic carbocycles. The zero-order valence-electron chi connectivity index (χ0n) is 22.7. The fraction of sp³-hybridized carbons (Fsp3) is 0. The van der Waals surface area contributed by atoms with E-state index in [0.29, 0.717) is 51.0 Å². The van der Waals surface area contributed by atoms with Crippen molar-refractivity contribution in [1.29, 1.82) is 0 Å². The molecule has 3 aromatic heterocycles. The molecule has 1 radical (unpaired) electrons. The maximum atomic E-state index is 12.1. The number of nitro groups is 1. The van der Waals surface area contributed by atoms with E-state index in [1.54, 1.807) is 12.1 Å². The molecule has 4 aromatic carbocycles. The smallest absolute Gasteiger partial charge is 0.281 e. The number of benzene rings is 4. The van der Waals surface area contributed by atoms with Crippen LogP contribution in [0.4, 0.5) is 5.69 Å². The summed E-state index contributed by atoms with van der Waals surface area (Å²) in [5.41, 5.74) is 4.97. The molecule has 7 aromatic rings. The van der Waals surface area contributed by atoms with Crippen LogP contribution < -0.4 is 0 Å². The number of non-ortho nitro benzene ring substituents is 1. The second-order valence-electron chi connectivity index (χ2n) is 10.2. The van der Waals surface area contributed by atoms with Crippen molar-refractivity contribution in [2.24, 2.45) is 0 Å². The molecule has 8 bridgehead atoms. The Hall–Kier alpha value is -5.26. The molecule has 2 N–H and O–H groups in total. The molecule has 2 aliphatic rings. The monoisotopic (exact) mass is 648 g/mol. The van der Waals surface area contributed by atoms with Crippen molar-refractivity contribution >= 4 is 49.8 Å². The molecule has 12 heteroatoms. The van der Waals surface area contributed by atoms with E-state index in [0.717, 1.165) is 33.0 Å². The van der Waals surface area contributed by atoms with E-state index in [1.165, 1.54) is 6.07 Å². The number of H-pyrrole nitrogens is 2. The van der Waals surface area contributed by atoms with Gasteiger partial charge in [-0.1, -0.05) is 84.9 Å². The minimum Gasteiger partial charge on any atom is -0.324 e. The summed E-state index contributed by atoms with van der Waals surface area (Å²) in [6.07, 6.45) is 0. The van der Waals surface area contributed by atoms with E-state index < -0.39 is 4.92 Å². The van der Waals surface area contributed by atoms with Crippen LogP contribution in [0, 0.1) is 10.1 Å². The normalized spacial score (nSPS) is 11.6. The van der Waals surface area contributed by atoms with Crippen molar-refractivity contribution in [2.45, 2.75) is 0 Å². The van der Waals surface area contributed by atoms with Crippen LogP contribution in [0.25, 0.3) is 89.7 Å². The molecule has 2 aliphatic heterocycles. The molecular weight excluding hydrogens is 631 g/mol. The van der Waals surface area contributed by atoms with Gasteiger partial charge in [0.1, 0.15) is 28.0 Å². The zero-order valence-corrected chi connectivity index (χ0v) is 25.5. The van der Waals surface area contributed by atoms with Gasteiger partial charge < -0.3 is 9.97 Å². The molecule has 205 valence electrons. The maximum absolute atomic E-state index is 12.1. The topological polar surface area (TPSA) is 152 Å². The minimum absolute atomic E-state index is 0. The predicted octanol–water partition coefficient (Wildman–Crippen LogP) is 6.77. The average Bonchev–Trinajstić information content (AvgIpc) is 3.76. The Bertz CT molecular complexity index is 2520. The van der Waals surface area contributed by atoms with E-state index in [2.05, 4.69) is 9.97 Å². The van der Waals surface area contributed by atoms with E-state index >= 15 is 0 Å². The zero-order chi connectivity index (χ0) is 28.7. The molecule has 11 nitrogen and oxygen atoms in total. The standard InChI is InChI=1S/C32H17N9O2.Y/c42-41(43)23-15-7-14-22-24(23)32-39-30-21-13-6-5-12-20(21)28(37-30)35-26-17-9-2-1-8-16(17)25(33-26)34-27-18-10-3-4-11-19(18)29(36-27)38-31(22)40-32;/h1-15H,(H2,33,34,35,36,37,38,39,40);. The first-order chi connectivity index (χ1) is 21.1. The van der Waals surface area contributed by atoms with Crippen molar-refractivity contribution in [3.8, 4) is 45.6 Å². The van der Waals surface area contributed by atoms with Gasteiger partial charge in [0.15, 0.2) is 23.3 Å². The summed E-state index contributed by atoms with van der Waals surface area (Å²) in [5, 5.41) is 14.8. The van der Waals surface area contributed by atoms with Crippen LogP contribution in [-0.2, 0) is 32.7 Å². The molecule has 0 saturated heterocycles. The maximum Gasteiger partial charge on any atom is 0.281 e. The summed E-state index contributed by atoms with van der Waals surface area (Å²) in [6, 6.07) is 28.1. The first kappa shape index (κ1) is 26.4. The molecule has 0 unspecified atom stereocenters. The summed E-state index contributed by atoms with van der Waals surface area (Å²) >= 11 is 0. The van der Waals surface area contributed by atoms with E-state index in [9.17, 15) is 10.1 Å². The molecular formula is C32H17N9O2Y. The number of nitrogens with one attached hydrogen (secondary N) is 2. The number of hydrogen-bond donors (Lipinski definition) is 2. The third-order valence-corrected chi connectivity index (χ3v) is 7.75. The first-order valence-corrected chi connectivity index (χ1v) is 13.5. The van der Waals surface area contributed by atoms with Gasteiger partial charge in [-0.25, -0.2) is 29.9 Å². The van der Waals surface area contributed by atoms with Gasteiger partial charge in [-0.15, -0.1) is 0 Å². The summed E-state index contributed by atoms with van der Waals surface area (Å²) < 4.78 is 0. The third kappa shape index (κ3) is 3.90. The Balaban J connectivity index is 0.00000289. The first-order valence-electron chi connectivity index (χ1n) is 13.5. The molecule has 0 fully saturated rings. The van der Waals surface area contributed by atoms with Gasteiger partial charge in [0.2, 0.25) is 0 Å². The fourth-order valence-electron chi connectivity index (χ4n) is 5.82. The van der Waals surface area contributed by atoms with Crippen molar-refractivity contribution < 1.29 is 37.6 Å². The van der Waals surface area contributed by atoms with Crippen LogP contribution in [-0.4, -0.2) is 44.8 Å². The quantitative estimate of drug-likeness (QED) is 0.146. The predicted molar refractivity (Wildman–Crippen MR) is 163 cm³/mol. The van der Waals surface area contributed by atoms with Gasteiger partial charge in [0.25, 0.3) is 5.69 Å². The Morgan fingerprint density at radius 1 is 0.477 bits per heavy atom. The molecule has 0 amide bonds. The average molecular weight is 648 g/mol. The largest absolute Gasteiger partial charge is 0.324 e. The van der Waals surface area contributed by atoms with Gasteiger partial charge >= 0.3 is 0 Å². The van der Waals surface area contributed by atoms with Crippen LogP contribution in [0.15, 0.2) is 91.0 Å². The molecule has 5 heterocycles. The van der Waals surface area contributed by atoms with Gasteiger partial charge in [-0.3, -0.25) is 10.1 Å². The van der Waals surface area contributed by atoms with Gasteiger partial charge in [0, 0.05) is 77.2 Å². The molecule has 44 heavy (non-hydrogen) atoms. The minimum atomic E-state index is -0.417. The summed E-state index contributed by atoms with van der Waals surface area (Å²) in [5.74, 6) is 1.78. The summed E-state index contributed by atoms with van der Waals surface area (Å²) in [6.45, 7) is 0. The summed E-state index contributed by atoms with van der Waals surface area (Å²) in [4.78, 5) is 47.7. The molecule has 0 spiro atoms. The van der Waals surface area contributed by atoms with Crippen LogP contribution in [0.3, 0.4) is 0 Å². The Labute approximate surface area is 272 Å². The third-order valence-electron chi connectivity index (χ3n) is 7.75. The van der Waals surface area contributed by atoms with Gasteiger partial charge in [-0.05, 0) is 0 Å². The number of rotatable bonds is 1. The number of hydrogen-bond acceptors (Lipinski definition) is 8. The Morgan fingerprint density at radius 2 is 0.864 bits per heavy atom. The summed E-state index contributed by atoms with van der Waals surface area (Å²) in [7, 11) is 0. The van der Waals surface area contributed by atoms with Crippen molar-refractivity contribution in [3.05, 3.63) is 101 Å². The van der Waals surface area contributed by atoms with Gasteiger partial charge in [-0.2, -0.15) is 0 Å². The second kappa shape index (κ2) is 9.90. The van der Waals surface area contributed by atoms with E-state index in [-0.39, 0.29) is 44.0 Å². The fourth-order valence-corrected chi connectivity index (χ4v) is 5.82. The van der Waals surface area contributed by atoms with E-state index in [4.69, 9.17) is 29.9 Å². The number of fused-ring (bicyclic) bond motifs is 20. The Morgan fingerprint density at radius 3 is 1.34 bits per heavy atom. The molecule has 9 rings (SSSR count). The number of aromatic amines is 2. The van der Waals surface area contributed by atoms with Crippen LogP contribution in [0.2, 0.25) is 0 Å². The van der Waals surface area contributed by atoms with Gasteiger partial charge in [0.05, 0.1) is 4.92 Å². The van der Waals surface area contributed by atoms with Crippen LogP contribution >= 0.6 is 0 Å². The second-order valence-corrected chi connectivity index (χ2v) is 10.2. The molecule has 0 saturated carbocycles. The van der Waals surface area contributed by atoms with Crippen molar-refractivity contribution in [2.75, 3.05) is 0 Å². The number of nitro benzene ring substituents is 1. The molecule has 0 atom stereocenters. The number of nitrogens with zero attached hydrogens (tertiary/aromatic N) is 7. The SMILES string of the molecule is O=[N+]([O-])c1cccc2c3nc4nc(nc5[nH]c(nc6nc(nc([nH]3)c12)-c1ccccc1-6)c1ccccc51)-c1ccccc1-4.[Y].